The number of carbonyl (C=O) groups is 2. The maximum Gasteiger partial charge on any atom is 0.316 e. The SMILES string of the molecule is C[C@H](O)C(=O)N1CC[C@H](Nc2ccc(-c3nccc(Nc4ccc(N5CCN(C6COC6)CC5)cc4)n3)cc2C#N)[C@H](F)C1.Cc1noc(C(=O)N2CC[C@H](Oc3ccc(-c4nccc(Nc5ccc(N6CCN(C7COC7)CC6)cc5)n4)cc3C#N)[C@H](F)C2)n1.N#Cc1cc(-c2nccc(Nc3ccc(N4CCN(C5COC5)CC4)cc3)n2)ccc1O[C@H]1CCN(c2cccnc2)C[C@H]1F. The molecule has 9 saturated heterocycles. The van der Waals surface area contributed by atoms with E-state index in [-0.39, 0.29) is 49.8 Å². The van der Waals surface area contributed by atoms with E-state index in [0.29, 0.717) is 124 Å². The molecule has 20 rings (SSSR count). The van der Waals surface area contributed by atoms with E-state index in [1.807, 2.05) is 47.4 Å². The fourth-order valence-electron chi connectivity index (χ4n) is 17.9. The van der Waals surface area contributed by atoms with Crippen LogP contribution in [0.1, 0.15) is 59.4 Å². The molecule has 0 saturated carbocycles. The molecule has 0 bridgehead atoms. The van der Waals surface area contributed by atoms with Gasteiger partial charge in [0.05, 0.1) is 118 Å². The third-order valence-electron chi connectivity index (χ3n) is 26.0. The van der Waals surface area contributed by atoms with Gasteiger partial charge in [0.15, 0.2) is 35.6 Å². The Bertz CT molecular complexity index is 6060. The van der Waals surface area contributed by atoms with Gasteiger partial charge in [0.1, 0.15) is 71.6 Å². The molecule has 5 aromatic heterocycles. The number of likely N-dealkylation sites (tertiary alicyclic amines) is 2. The van der Waals surface area contributed by atoms with Crippen molar-refractivity contribution in [2.75, 3.05) is 198 Å². The Balaban J connectivity index is 0.000000136. The van der Waals surface area contributed by atoms with Crippen LogP contribution in [0.4, 0.5) is 76.1 Å². The number of amides is 2. The lowest BCUT2D eigenvalue weighted by atomic mass is 10.0. The van der Waals surface area contributed by atoms with E-state index in [1.54, 1.807) is 105 Å². The summed E-state index contributed by atoms with van der Waals surface area (Å²) in [6.07, 6.45) is 2.88. The summed E-state index contributed by atoms with van der Waals surface area (Å²) in [4.78, 5) is 79.4. The van der Waals surface area contributed by atoms with Crippen LogP contribution in [0.2, 0.25) is 0 Å². The topological polar surface area (TPSA) is 378 Å². The van der Waals surface area contributed by atoms with Crippen LogP contribution in [0.15, 0.2) is 193 Å². The van der Waals surface area contributed by atoms with Crippen molar-refractivity contribution in [1.82, 2.24) is 69.5 Å². The molecule has 9 fully saturated rings. The molecule has 6 aromatic carbocycles. The second-order valence-electron chi connectivity index (χ2n) is 35.0. The number of carbonyl (C=O) groups excluding carboxylic acids is 2. The summed E-state index contributed by atoms with van der Waals surface area (Å²) in [6, 6.07) is 57.3. The number of aliphatic hydroxyl groups is 1. The summed E-state index contributed by atoms with van der Waals surface area (Å²) >= 11 is 0. The van der Waals surface area contributed by atoms with Crippen molar-refractivity contribution >= 4 is 74.8 Å². The van der Waals surface area contributed by atoms with E-state index in [0.717, 1.165) is 141 Å². The van der Waals surface area contributed by atoms with Gasteiger partial charge in [-0.15, -0.1) is 0 Å². The summed E-state index contributed by atoms with van der Waals surface area (Å²) < 4.78 is 78.1. The predicted octanol–water partition coefficient (Wildman–Crippen LogP) is 11.3. The highest BCUT2D eigenvalue weighted by Crippen LogP contribution is 2.36. The lowest BCUT2D eigenvalue weighted by Crippen LogP contribution is -2.56. The number of ether oxygens (including phenoxy) is 5. The Labute approximate surface area is 785 Å². The van der Waals surface area contributed by atoms with E-state index in [4.69, 9.17) is 28.2 Å². The standard InChI is InChI=1S/C34H35FN8O2.C33H34FN9O4.C32H37FN8O3/c35-30-21-43(28-2-1-11-37-20-28)13-10-32(30)45-31-8-3-24(18-25(31)19-36)34-38-12-9-33(40-34)39-26-4-6-27(7-5-26)41-14-16-42(17-15-41)29-22-44-23-29;1-21-37-32(47-40-21)33(44)43-11-9-29(27(34)18-43)46-28-7-2-22(16-23(28)17-35)31-36-10-8-30(39-31)38-24-3-5-25(6-4-24)41-12-14-42(15-13-41)26-19-45-20-26;1-21(42)32(43)41-11-9-29(27(33)18-41)37-28-7-2-22(16-23(28)17-34)31-35-10-8-30(38-31)36-24-3-5-25(6-4-24)39-12-14-40(15-13-39)26-19-44-20-26/h1-9,11-12,18,20,29-30,32H,10,13-17,21-23H2,(H,38,39,40);2-8,10,16,26-27,29H,9,11-15,18-20H2,1H3,(H,36,38,39);2-8,10,16,21,26-27,29,37,42H,9,11-15,18-20H2,1H3,(H,35,36,38)/t30-,32+;27-,29+;21-,27+,29-/m110/s1. The second-order valence-corrected chi connectivity index (χ2v) is 35.0. The number of hydrogen-bond donors (Lipinski definition) is 5. The fraction of sp³-hybridized carbons (Fsp3) is 0.394. The van der Waals surface area contributed by atoms with Crippen LogP contribution in [0.5, 0.6) is 11.5 Å². The molecule has 11 aromatic rings. The number of aliphatic hydroxyl groups excluding tert-OH is 1. The first-order valence-corrected chi connectivity index (χ1v) is 46.1. The average molecular weight is 1850 g/mol. The highest BCUT2D eigenvalue weighted by Gasteiger charge is 2.39. The number of pyridine rings is 1. The fourth-order valence-corrected chi connectivity index (χ4v) is 17.9. The first-order chi connectivity index (χ1) is 66.4. The summed E-state index contributed by atoms with van der Waals surface area (Å²) in [5.41, 5.74) is 10.5. The van der Waals surface area contributed by atoms with Crippen molar-refractivity contribution in [3.63, 3.8) is 0 Å². The minimum atomic E-state index is -1.47. The lowest BCUT2D eigenvalue weighted by molar-refractivity contribution is -0.141. The van der Waals surface area contributed by atoms with Crippen LogP contribution in [0, 0.1) is 40.9 Å². The summed E-state index contributed by atoms with van der Waals surface area (Å²) in [5.74, 6) is 3.00. The van der Waals surface area contributed by atoms with Crippen molar-refractivity contribution < 1.29 is 56.1 Å². The van der Waals surface area contributed by atoms with E-state index in [9.17, 15) is 34.9 Å². The lowest BCUT2D eigenvalue weighted by Gasteiger charge is -2.43. The largest absolute Gasteiger partial charge is 0.486 e. The summed E-state index contributed by atoms with van der Waals surface area (Å²) in [5, 5.41) is 56.0. The van der Waals surface area contributed by atoms with Crippen LogP contribution in [0.3, 0.4) is 0 Å². The molecule has 14 heterocycles. The van der Waals surface area contributed by atoms with Crippen molar-refractivity contribution in [3.8, 4) is 63.9 Å². The van der Waals surface area contributed by atoms with Crippen molar-refractivity contribution in [2.24, 2.45) is 0 Å². The molecular formula is C99H106F3N25O9. The Morgan fingerprint density at radius 3 is 1.26 bits per heavy atom. The molecule has 37 heteroatoms. The van der Waals surface area contributed by atoms with Gasteiger partial charge in [-0.1, -0.05) is 5.16 Å². The van der Waals surface area contributed by atoms with Gasteiger partial charge >= 0.3 is 11.8 Å². The van der Waals surface area contributed by atoms with Gasteiger partial charge in [-0.3, -0.25) is 29.3 Å². The molecule has 0 spiro atoms. The van der Waals surface area contributed by atoms with Gasteiger partial charge in [0, 0.05) is 187 Å². The molecule has 9 aliphatic heterocycles. The molecule has 9 aliphatic rings. The molecule has 2 amide bonds. The third kappa shape index (κ3) is 22.4. The summed E-state index contributed by atoms with van der Waals surface area (Å²) in [6.45, 7) is 21.5. The number of piperidine rings is 3. The maximum absolute atomic E-state index is 15.1. The molecule has 34 nitrogen and oxygen atoms in total. The number of rotatable bonds is 24. The van der Waals surface area contributed by atoms with Gasteiger partial charge in [0.25, 0.3) is 5.91 Å². The van der Waals surface area contributed by atoms with Crippen LogP contribution in [0.25, 0.3) is 34.2 Å². The number of benzene rings is 6. The van der Waals surface area contributed by atoms with E-state index in [1.165, 1.54) is 33.8 Å². The molecule has 0 radical (unpaired) electrons. The monoisotopic (exact) mass is 1850 g/mol. The number of aryl methyl sites for hydroxylation is 1. The number of anilines is 11. The van der Waals surface area contributed by atoms with Gasteiger partial charge in [0.2, 0.25) is 0 Å². The van der Waals surface area contributed by atoms with Gasteiger partial charge in [-0.25, -0.2) is 43.1 Å². The zero-order chi connectivity index (χ0) is 93.5. The molecule has 7 atom stereocenters. The van der Waals surface area contributed by atoms with Gasteiger partial charge in [-0.05, 0) is 178 Å². The van der Waals surface area contributed by atoms with Crippen LogP contribution in [-0.2, 0) is 19.0 Å². The molecule has 0 unspecified atom stereocenters. The molecule has 136 heavy (non-hydrogen) atoms. The Morgan fingerprint density at radius 2 is 0.875 bits per heavy atom. The first kappa shape index (κ1) is 92.2. The van der Waals surface area contributed by atoms with Crippen molar-refractivity contribution in [2.45, 2.75) is 94.1 Å². The number of aromatic nitrogens is 9. The van der Waals surface area contributed by atoms with Gasteiger partial charge in [-0.2, -0.15) is 20.8 Å². The first-order valence-electron chi connectivity index (χ1n) is 46.1. The normalized spacial score (nSPS) is 20.9. The minimum Gasteiger partial charge on any atom is -0.486 e. The molecule has 0 aliphatic carbocycles. The third-order valence-corrected chi connectivity index (χ3v) is 26.0. The van der Waals surface area contributed by atoms with E-state index >= 15 is 8.78 Å². The molecular weight excluding hydrogens is 1740 g/mol. The minimum absolute atomic E-state index is 0.106. The Kier molecular flexibility index (Phi) is 29.1. The quantitative estimate of drug-likeness (QED) is 0.0375. The highest BCUT2D eigenvalue weighted by atomic mass is 19.1. The number of hydrogen-bond acceptors (Lipinski definition) is 32. The van der Waals surface area contributed by atoms with Gasteiger partial charge < -0.3 is 84.0 Å². The number of piperazine rings is 3. The van der Waals surface area contributed by atoms with E-state index in [2.05, 4.69) is 162 Å². The average Bonchev–Trinajstić information content (AvgIpc) is 1.46. The highest BCUT2D eigenvalue weighted by molar-refractivity contribution is 5.89. The van der Waals surface area contributed by atoms with Crippen molar-refractivity contribution in [3.05, 3.63) is 217 Å². The van der Waals surface area contributed by atoms with Crippen LogP contribution in [-0.4, -0.2) is 305 Å². The molecule has 702 valence electrons. The zero-order valence-corrected chi connectivity index (χ0v) is 75.5. The smallest absolute Gasteiger partial charge is 0.316 e. The number of halogens is 3. The Hall–Kier alpha value is -14.2. The van der Waals surface area contributed by atoms with Crippen LogP contribution >= 0.6 is 0 Å². The Morgan fingerprint density at radius 1 is 0.456 bits per heavy atom. The number of nitrogens with one attached hydrogen (secondary N) is 4. The second kappa shape index (κ2) is 43.0. The molecule has 5 N–H and O–H groups in total. The van der Waals surface area contributed by atoms with E-state index < -0.39 is 54.7 Å². The zero-order valence-electron chi connectivity index (χ0n) is 75.5. The number of nitrogens with zero attached hydrogens (tertiary/aromatic N) is 21. The maximum atomic E-state index is 15.1. The summed E-state index contributed by atoms with van der Waals surface area (Å²) in [7, 11) is 0. The number of nitriles is 3. The number of alkyl halides is 3. The van der Waals surface area contributed by atoms with Crippen molar-refractivity contribution in [1.29, 1.82) is 15.8 Å². The van der Waals surface area contributed by atoms with Crippen LogP contribution < -0.4 is 50.3 Å². The predicted molar refractivity (Wildman–Crippen MR) is 505 cm³/mol.